The fourth-order valence-electron chi connectivity index (χ4n) is 1.76. The number of hydrogen-bond donors (Lipinski definition) is 1. The Morgan fingerprint density at radius 2 is 2.00 bits per heavy atom. The maximum Gasteiger partial charge on any atom is 0.282 e. The third-order valence-electron chi connectivity index (χ3n) is 2.77. The molecule has 0 spiro atoms. The summed E-state index contributed by atoms with van der Waals surface area (Å²) in [5.74, 6) is -0.552. The largest absolute Gasteiger partial charge is 0.322 e. The van der Waals surface area contributed by atoms with Crippen molar-refractivity contribution in [1.82, 2.24) is 0 Å². The molecule has 0 saturated carbocycles. The Kier molecular flexibility index (Phi) is 4.59. The second-order valence-corrected chi connectivity index (χ2v) is 5.62. The first-order valence-corrected chi connectivity index (χ1v) is 7.07. The summed E-state index contributed by atoms with van der Waals surface area (Å²) in [6.45, 7) is 1.76. The number of nitro groups is 1. The van der Waals surface area contributed by atoms with E-state index in [1.807, 2.05) is 0 Å². The molecule has 0 fully saturated rings. The van der Waals surface area contributed by atoms with Crippen molar-refractivity contribution >= 4 is 44.8 Å². The van der Waals surface area contributed by atoms with Crippen molar-refractivity contribution in [3.8, 4) is 0 Å². The maximum atomic E-state index is 12.2. The van der Waals surface area contributed by atoms with Gasteiger partial charge in [-0.3, -0.25) is 14.9 Å². The Hall–Kier alpha value is -1.92. The van der Waals surface area contributed by atoms with Crippen LogP contribution in [0.15, 0.2) is 40.9 Å². The molecule has 2 rings (SSSR count). The normalized spacial score (nSPS) is 10.2. The summed E-state index contributed by atoms with van der Waals surface area (Å²) in [6.07, 6.45) is 0. The molecule has 0 unspecified atom stereocenters. The van der Waals surface area contributed by atoms with Gasteiger partial charge in [-0.25, -0.2) is 0 Å². The number of rotatable bonds is 3. The van der Waals surface area contributed by atoms with Crippen LogP contribution in [0.5, 0.6) is 0 Å². The zero-order valence-electron chi connectivity index (χ0n) is 10.9. The van der Waals surface area contributed by atoms with E-state index in [4.69, 9.17) is 11.6 Å². The van der Waals surface area contributed by atoms with E-state index in [9.17, 15) is 14.9 Å². The van der Waals surface area contributed by atoms with Gasteiger partial charge in [0.05, 0.1) is 9.95 Å². The zero-order chi connectivity index (χ0) is 15.6. The predicted molar refractivity (Wildman–Crippen MR) is 84.9 cm³/mol. The molecular formula is C14H10BrClN2O3. The van der Waals surface area contributed by atoms with E-state index in [0.717, 1.165) is 5.56 Å². The minimum absolute atomic E-state index is 0.0130. The summed E-state index contributed by atoms with van der Waals surface area (Å²) in [4.78, 5) is 22.6. The standard InChI is InChI=1S/C14H10BrClN2O3/c1-8-2-5-13(18(20)21)10(6-8)14(19)17-9-3-4-11(15)12(16)7-9/h2-7H,1H3,(H,17,19). The first-order valence-electron chi connectivity index (χ1n) is 5.90. The molecule has 0 aliphatic heterocycles. The summed E-state index contributed by atoms with van der Waals surface area (Å²) < 4.78 is 0.698. The lowest BCUT2D eigenvalue weighted by Crippen LogP contribution is -2.14. The minimum Gasteiger partial charge on any atom is -0.322 e. The van der Waals surface area contributed by atoms with Crippen molar-refractivity contribution in [3.63, 3.8) is 0 Å². The topological polar surface area (TPSA) is 72.2 Å². The highest BCUT2D eigenvalue weighted by molar-refractivity contribution is 9.10. The smallest absolute Gasteiger partial charge is 0.282 e. The van der Waals surface area contributed by atoms with Gasteiger partial charge < -0.3 is 5.32 Å². The van der Waals surface area contributed by atoms with Crippen molar-refractivity contribution in [2.24, 2.45) is 0 Å². The van der Waals surface area contributed by atoms with Crippen LogP contribution in [0, 0.1) is 17.0 Å². The van der Waals surface area contributed by atoms with Gasteiger partial charge >= 0.3 is 0 Å². The number of nitro benzene ring substituents is 1. The molecule has 0 heterocycles. The third kappa shape index (κ3) is 3.59. The number of anilines is 1. The first-order chi connectivity index (χ1) is 9.88. The molecule has 5 nitrogen and oxygen atoms in total. The number of nitrogens with zero attached hydrogens (tertiary/aromatic N) is 1. The van der Waals surface area contributed by atoms with E-state index in [1.165, 1.54) is 12.1 Å². The lowest BCUT2D eigenvalue weighted by Gasteiger charge is -2.07. The lowest BCUT2D eigenvalue weighted by atomic mass is 10.1. The number of amides is 1. The number of nitrogens with one attached hydrogen (secondary N) is 1. The molecule has 1 amide bonds. The molecule has 2 aromatic rings. The predicted octanol–water partition coefficient (Wildman–Crippen LogP) is 4.57. The van der Waals surface area contributed by atoms with E-state index in [-0.39, 0.29) is 11.3 Å². The van der Waals surface area contributed by atoms with E-state index >= 15 is 0 Å². The van der Waals surface area contributed by atoms with Gasteiger partial charge in [0.2, 0.25) is 0 Å². The summed E-state index contributed by atoms with van der Waals surface area (Å²) in [5, 5.41) is 14.0. The van der Waals surface area contributed by atoms with Crippen molar-refractivity contribution in [3.05, 3.63) is 67.1 Å². The second-order valence-electron chi connectivity index (χ2n) is 4.36. The van der Waals surface area contributed by atoms with Crippen LogP contribution in [0.3, 0.4) is 0 Å². The summed E-state index contributed by atoms with van der Waals surface area (Å²) in [7, 11) is 0. The molecule has 1 N–H and O–H groups in total. The van der Waals surface area contributed by atoms with Crippen LogP contribution in [0.4, 0.5) is 11.4 Å². The molecule has 7 heteroatoms. The van der Waals surface area contributed by atoms with E-state index in [1.54, 1.807) is 31.2 Å². The summed E-state index contributed by atoms with van der Waals surface area (Å²) >= 11 is 9.19. The Bertz CT molecular complexity index is 734. The van der Waals surface area contributed by atoms with Gasteiger partial charge in [-0.15, -0.1) is 0 Å². The number of carbonyl (C=O) groups is 1. The highest BCUT2D eigenvalue weighted by atomic mass is 79.9. The van der Waals surface area contributed by atoms with Gasteiger partial charge in [-0.05, 0) is 52.7 Å². The van der Waals surface area contributed by atoms with Crippen LogP contribution >= 0.6 is 27.5 Å². The van der Waals surface area contributed by atoms with Crippen LogP contribution < -0.4 is 5.32 Å². The average Bonchev–Trinajstić information content (AvgIpc) is 2.42. The molecule has 0 atom stereocenters. The highest BCUT2D eigenvalue weighted by Crippen LogP contribution is 2.27. The van der Waals surface area contributed by atoms with E-state index in [2.05, 4.69) is 21.2 Å². The molecule has 108 valence electrons. The van der Waals surface area contributed by atoms with Gasteiger partial charge in [0.1, 0.15) is 5.56 Å². The monoisotopic (exact) mass is 368 g/mol. The molecule has 0 aliphatic rings. The number of carbonyl (C=O) groups excluding carboxylic acids is 1. The SMILES string of the molecule is Cc1ccc([N+](=O)[O-])c(C(=O)Nc2ccc(Br)c(Cl)c2)c1. The highest BCUT2D eigenvalue weighted by Gasteiger charge is 2.20. The summed E-state index contributed by atoms with van der Waals surface area (Å²) in [5.41, 5.74) is 1.00. The van der Waals surface area contributed by atoms with Crippen LogP contribution in [0.2, 0.25) is 5.02 Å². The van der Waals surface area contributed by atoms with Gasteiger partial charge in [0.15, 0.2) is 0 Å². The molecule has 0 radical (unpaired) electrons. The summed E-state index contributed by atoms with van der Waals surface area (Å²) in [6, 6.07) is 9.28. The maximum absolute atomic E-state index is 12.2. The van der Waals surface area contributed by atoms with Crippen molar-refractivity contribution in [1.29, 1.82) is 0 Å². The molecular weight excluding hydrogens is 360 g/mol. The van der Waals surface area contributed by atoms with Gasteiger partial charge in [0.25, 0.3) is 11.6 Å². The number of aryl methyl sites for hydroxylation is 1. The zero-order valence-corrected chi connectivity index (χ0v) is 13.2. The molecule has 2 aromatic carbocycles. The molecule has 0 aromatic heterocycles. The van der Waals surface area contributed by atoms with Crippen LogP contribution in [0.25, 0.3) is 0 Å². The third-order valence-corrected chi connectivity index (χ3v) is 4.00. The Morgan fingerprint density at radius 1 is 1.29 bits per heavy atom. The van der Waals surface area contributed by atoms with Crippen LogP contribution in [-0.4, -0.2) is 10.8 Å². The van der Waals surface area contributed by atoms with E-state index in [0.29, 0.717) is 15.2 Å². The van der Waals surface area contributed by atoms with Crippen LogP contribution in [-0.2, 0) is 0 Å². The Labute approximate surface area is 134 Å². The lowest BCUT2D eigenvalue weighted by molar-refractivity contribution is -0.385. The molecule has 0 bridgehead atoms. The number of halogens is 2. The van der Waals surface area contributed by atoms with Crippen LogP contribution in [0.1, 0.15) is 15.9 Å². The minimum atomic E-state index is -0.580. The first kappa shape index (κ1) is 15.5. The van der Waals surface area contributed by atoms with Crippen molar-refractivity contribution in [2.45, 2.75) is 6.92 Å². The molecule has 0 saturated heterocycles. The van der Waals surface area contributed by atoms with Gasteiger partial charge in [-0.1, -0.05) is 17.7 Å². The number of benzene rings is 2. The quantitative estimate of drug-likeness (QED) is 0.636. The van der Waals surface area contributed by atoms with E-state index < -0.39 is 10.8 Å². The molecule has 21 heavy (non-hydrogen) atoms. The van der Waals surface area contributed by atoms with Gasteiger partial charge in [-0.2, -0.15) is 0 Å². The fourth-order valence-corrected chi connectivity index (χ4v) is 2.19. The van der Waals surface area contributed by atoms with Gasteiger partial charge in [0, 0.05) is 16.2 Å². The van der Waals surface area contributed by atoms with Crippen molar-refractivity contribution < 1.29 is 9.72 Å². The van der Waals surface area contributed by atoms with Crippen molar-refractivity contribution in [2.75, 3.05) is 5.32 Å². The Balaban J connectivity index is 2.34. The second kappa shape index (κ2) is 6.24. The average molecular weight is 370 g/mol. The Morgan fingerprint density at radius 3 is 2.62 bits per heavy atom. The number of hydrogen-bond acceptors (Lipinski definition) is 3. The fraction of sp³-hybridized carbons (Fsp3) is 0.0714. The molecule has 0 aliphatic carbocycles.